The van der Waals surface area contributed by atoms with Crippen LogP contribution >= 0.6 is 0 Å². The van der Waals surface area contributed by atoms with Gasteiger partial charge in [0.05, 0.1) is 6.04 Å². The predicted octanol–water partition coefficient (Wildman–Crippen LogP) is 3.88. The maximum Gasteiger partial charge on any atom is 0.240 e. The van der Waals surface area contributed by atoms with E-state index in [2.05, 4.69) is 15.5 Å². The number of anilines is 2. The highest BCUT2D eigenvalue weighted by atomic mass is 16.2. The molecule has 1 saturated heterocycles. The molecule has 2 aliphatic rings. The van der Waals surface area contributed by atoms with Gasteiger partial charge in [0.25, 0.3) is 0 Å². The monoisotopic (exact) mass is 377 g/mol. The molecule has 0 radical (unpaired) electrons. The molecule has 1 unspecified atom stereocenters. The molecule has 1 heterocycles. The van der Waals surface area contributed by atoms with Crippen LogP contribution in [0.5, 0.6) is 0 Å². The third kappa shape index (κ3) is 3.75. The second-order valence-corrected chi connectivity index (χ2v) is 7.88. The smallest absolute Gasteiger partial charge is 0.240 e. The summed E-state index contributed by atoms with van der Waals surface area (Å²) in [4.78, 5) is 28.0. The molecule has 0 spiro atoms. The molecular formula is C23H27N3O2. The van der Waals surface area contributed by atoms with Crippen molar-refractivity contribution in [3.8, 4) is 0 Å². The van der Waals surface area contributed by atoms with Crippen molar-refractivity contribution in [1.29, 1.82) is 0 Å². The van der Waals surface area contributed by atoms with E-state index < -0.39 is 5.41 Å². The highest BCUT2D eigenvalue weighted by Gasteiger charge is 2.56. The fourth-order valence-electron chi connectivity index (χ4n) is 3.82. The van der Waals surface area contributed by atoms with Gasteiger partial charge in [0.15, 0.2) is 0 Å². The van der Waals surface area contributed by atoms with Crippen LogP contribution in [0.15, 0.2) is 54.6 Å². The molecule has 28 heavy (non-hydrogen) atoms. The third-order valence-electron chi connectivity index (χ3n) is 5.86. The lowest BCUT2D eigenvalue weighted by Gasteiger charge is -2.20. The van der Waals surface area contributed by atoms with E-state index in [0.29, 0.717) is 12.8 Å². The topological polar surface area (TPSA) is 61.4 Å². The number of carbonyl (C=O) groups excluding carboxylic acids is 2. The second kappa shape index (κ2) is 7.66. The summed E-state index contributed by atoms with van der Waals surface area (Å²) in [6.07, 6.45) is 3.66. The Labute approximate surface area is 166 Å². The average Bonchev–Trinajstić information content (AvgIpc) is 3.37. The number of nitrogens with zero attached hydrogens (tertiary/aromatic N) is 1. The molecule has 146 valence electrons. The van der Waals surface area contributed by atoms with Crippen molar-refractivity contribution in [2.75, 3.05) is 23.3 Å². The van der Waals surface area contributed by atoms with Gasteiger partial charge in [-0.25, -0.2) is 0 Å². The Hall–Kier alpha value is -2.82. The summed E-state index contributed by atoms with van der Waals surface area (Å²) in [6.45, 7) is 4.13. The van der Waals surface area contributed by atoms with Crippen LogP contribution in [0, 0.1) is 5.41 Å². The van der Waals surface area contributed by atoms with Crippen molar-refractivity contribution < 1.29 is 9.59 Å². The van der Waals surface area contributed by atoms with Gasteiger partial charge in [0, 0.05) is 24.5 Å². The number of nitrogens with one attached hydrogen (secondary N) is 2. The van der Waals surface area contributed by atoms with E-state index in [1.54, 1.807) is 0 Å². The molecule has 0 aromatic heterocycles. The molecule has 1 saturated carbocycles. The molecule has 2 fully saturated rings. The zero-order valence-corrected chi connectivity index (χ0v) is 16.3. The van der Waals surface area contributed by atoms with Crippen LogP contribution in [0.4, 0.5) is 11.4 Å². The van der Waals surface area contributed by atoms with Crippen molar-refractivity contribution in [3.05, 3.63) is 60.2 Å². The van der Waals surface area contributed by atoms with Crippen LogP contribution in [-0.4, -0.2) is 24.9 Å². The van der Waals surface area contributed by atoms with Gasteiger partial charge < -0.3 is 15.5 Å². The molecule has 5 nitrogen and oxygen atoms in total. The third-order valence-corrected chi connectivity index (χ3v) is 5.86. The Morgan fingerprint density at radius 3 is 2.18 bits per heavy atom. The molecule has 1 aliphatic heterocycles. The molecule has 2 aromatic rings. The molecule has 2 amide bonds. The summed E-state index contributed by atoms with van der Waals surface area (Å²) in [5.74, 6) is -0.394. The Bertz CT molecular complexity index is 838. The van der Waals surface area contributed by atoms with Gasteiger partial charge in [0.2, 0.25) is 11.8 Å². The fourth-order valence-corrected chi connectivity index (χ4v) is 3.82. The second-order valence-electron chi connectivity index (χ2n) is 7.88. The first-order valence-electron chi connectivity index (χ1n) is 10.1. The molecule has 2 N–H and O–H groups in total. The Balaban J connectivity index is 1.37. The SMILES string of the molecule is CC(NC(=O)C1(C(=O)Nc2ccc(N3CCCC3)cc2)CC1)c1ccccc1. The molecule has 2 aromatic carbocycles. The van der Waals surface area contributed by atoms with Gasteiger partial charge in [-0.1, -0.05) is 30.3 Å². The largest absolute Gasteiger partial charge is 0.372 e. The van der Waals surface area contributed by atoms with Crippen LogP contribution in [0.1, 0.15) is 44.2 Å². The molecule has 1 aliphatic carbocycles. The number of hydrogen-bond acceptors (Lipinski definition) is 3. The quantitative estimate of drug-likeness (QED) is 0.751. The number of amides is 2. The lowest BCUT2D eigenvalue weighted by molar-refractivity contribution is -0.134. The lowest BCUT2D eigenvalue weighted by Crippen LogP contribution is -2.41. The van der Waals surface area contributed by atoms with Gasteiger partial charge in [-0.3, -0.25) is 9.59 Å². The Kier molecular flexibility index (Phi) is 5.07. The van der Waals surface area contributed by atoms with Crippen LogP contribution in [0.25, 0.3) is 0 Å². The molecule has 1 atom stereocenters. The maximum atomic E-state index is 12.8. The van der Waals surface area contributed by atoms with Gasteiger partial charge in [0.1, 0.15) is 5.41 Å². The predicted molar refractivity (Wildman–Crippen MR) is 111 cm³/mol. The van der Waals surface area contributed by atoms with Crippen molar-refractivity contribution in [3.63, 3.8) is 0 Å². The molecule has 4 rings (SSSR count). The normalized spacial score (nSPS) is 18.4. The minimum Gasteiger partial charge on any atom is -0.372 e. The minimum atomic E-state index is -0.934. The highest BCUT2D eigenvalue weighted by molar-refractivity contribution is 6.13. The van der Waals surface area contributed by atoms with E-state index in [9.17, 15) is 9.59 Å². The zero-order valence-electron chi connectivity index (χ0n) is 16.3. The van der Waals surface area contributed by atoms with E-state index in [1.807, 2.05) is 61.5 Å². The lowest BCUT2D eigenvalue weighted by atomic mass is 10.0. The number of benzene rings is 2. The minimum absolute atomic E-state index is 0.126. The number of rotatable bonds is 6. The summed E-state index contributed by atoms with van der Waals surface area (Å²) >= 11 is 0. The van der Waals surface area contributed by atoms with Crippen molar-refractivity contribution in [2.24, 2.45) is 5.41 Å². The van der Waals surface area contributed by atoms with Gasteiger partial charge in [-0.2, -0.15) is 0 Å². The summed E-state index contributed by atoms with van der Waals surface area (Å²) < 4.78 is 0. The highest BCUT2D eigenvalue weighted by Crippen LogP contribution is 2.47. The fraction of sp³-hybridized carbons (Fsp3) is 0.391. The standard InChI is InChI=1S/C23H27N3O2/c1-17(18-7-3-2-4-8-18)24-21(27)23(13-14-23)22(28)25-19-9-11-20(12-10-19)26-15-5-6-16-26/h2-4,7-12,17H,5-6,13-16H2,1H3,(H,24,27)(H,25,28). The van der Waals surface area contributed by atoms with E-state index in [1.165, 1.54) is 18.5 Å². The average molecular weight is 377 g/mol. The Morgan fingerprint density at radius 1 is 0.929 bits per heavy atom. The summed E-state index contributed by atoms with van der Waals surface area (Å²) in [7, 11) is 0. The van der Waals surface area contributed by atoms with Crippen LogP contribution < -0.4 is 15.5 Å². The van der Waals surface area contributed by atoms with E-state index in [-0.39, 0.29) is 17.9 Å². The van der Waals surface area contributed by atoms with Crippen molar-refractivity contribution >= 4 is 23.2 Å². The van der Waals surface area contributed by atoms with Gasteiger partial charge in [-0.15, -0.1) is 0 Å². The van der Waals surface area contributed by atoms with Crippen molar-refractivity contribution in [1.82, 2.24) is 5.32 Å². The molecule has 0 bridgehead atoms. The number of carbonyl (C=O) groups is 2. The molecular weight excluding hydrogens is 350 g/mol. The van der Waals surface area contributed by atoms with Gasteiger partial charge >= 0.3 is 0 Å². The Morgan fingerprint density at radius 2 is 1.57 bits per heavy atom. The van der Waals surface area contributed by atoms with E-state index in [4.69, 9.17) is 0 Å². The molecule has 5 heteroatoms. The summed E-state index contributed by atoms with van der Waals surface area (Å²) in [6, 6.07) is 17.6. The van der Waals surface area contributed by atoms with Gasteiger partial charge in [-0.05, 0) is 62.4 Å². The van der Waals surface area contributed by atoms with Crippen LogP contribution in [-0.2, 0) is 9.59 Å². The van der Waals surface area contributed by atoms with Crippen LogP contribution in [0.3, 0.4) is 0 Å². The van der Waals surface area contributed by atoms with E-state index >= 15 is 0 Å². The first kappa shape index (κ1) is 18.5. The van der Waals surface area contributed by atoms with Crippen molar-refractivity contribution in [2.45, 2.75) is 38.6 Å². The maximum absolute atomic E-state index is 12.8. The summed E-state index contributed by atoms with van der Waals surface area (Å²) in [5.41, 5.74) is 2.02. The zero-order chi connectivity index (χ0) is 19.6. The first-order chi connectivity index (χ1) is 13.6. The number of hydrogen-bond donors (Lipinski definition) is 2. The summed E-state index contributed by atoms with van der Waals surface area (Å²) in [5, 5.41) is 5.94. The van der Waals surface area contributed by atoms with Crippen LogP contribution in [0.2, 0.25) is 0 Å². The van der Waals surface area contributed by atoms with E-state index in [0.717, 1.165) is 24.3 Å². The first-order valence-corrected chi connectivity index (χ1v) is 10.1.